The Balaban J connectivity index is 0.000000433. The van der Waals surface area contributed by atoms with Crippen molar-refractivity contribution >= 4 is 47.5 Å². The molecule has 126 valence electrons. The number of hydrogen-bond donors (Lipinski definition) is 1. The molecule has 3 rings (SSSR count). The molecule has 0 radical (unpaired) electrons. The van der Waals surface area contributed by atoms with Gasteiger partial charge < -0.3 is 9.72 Å². The van der Waals surface area contributed by atoms with Crippen LogP contribution in [0.1, 0.15) is 53.9 Å². The van der Waals surface area contributed by atoms with E-state index in [0.717, 1.165) is 5.52 Å². The molecule has 0 amide bonds. The number of ether oxygens (including phenoxy) is 1. The Morgan fingerprint density at radius 2 is 1.91 bits per heavy atom. The largest absolute Gasteiger partial charge is 0.465 e. The normalized spacial score (nSPS) is 15.3. The van der Waals surface area contributed by atoms with Gasteiger partial charge in [0.15, 0.2) is 0 Å². The Morgan fingerprint density at radius 1 is 1.26 bits per heavy atom. The first kappa shape index (κ1) is 18.3. The van der Waals surface area contributed by atoms with Crippen LogP contribution >= 0.6 is 21.4 Å². The van der Waals surface area contributed by atoms with E-state index in [0.29, 0.717) is 11.5 Å². The second kappa shape index (κ2) is 8.71. The molecule has 0 saturated heterocycles. The topological polar surface area (TPSA) is 59.2 Å². The summed E-state index contributed by atoms with van der Waals surface area (Å²) in [5.74, 6) is 0.391. The van der Waals surface area contributed by atoms with E-state index in [4.69, 9.17) is 8.95 Å². The van der Waals surface area contributed by atoms with Crippen LogP contribution < -0.4 is 0 Å². The number of carbonyl (C=O) groups excluding carboxylic acids is 1. The lowest BCUT2D eigenvalue weighted by molar-refractivity contribution is 0.0601. The summed E-state index contributed by atoms with van der Waals surface area (Å²) in [5, 5.41) is 1.25. The van der Waals surface area contributed by atoms with E-state index in [2.05, 4.69) is 32.5 Å². The van der Waals surface area contributed by atoms with Crippen molar-refractivity contribution in [1.29, 1.82) is 0 Å². The van der Waals surface area contributed by atoms with Gasteiger partial charge in [-0.25, -0.2) is 9.00 Å². The van der Waals surface area contributed by atoms with Gasteiger partial charge in [0, 0.05) is 38.5 Å². The van der Waals surface area contributed by atoms with E-state index in [1.54, 1.807) is 0 Å². The lowest BCUT2D eigenvalue weighted by atomic mass is 9.84. The second-order valence-corrected chi connectivity index (χ2v) is 8.04. The maximum atomic E-state index is 11.5. The molecule has 23 heavy (non-hydrogen) atoms. The maximum Gasteiger partial charge on any atom is 0.337 e. The molecule has 0 bridgehead atoms. The third-order valence-corrected chi connectivity index (χ3v) is 4.18. The van der Waals surface area contributed by atoms with Crippen LogP contribution in [0.25, 0.3) is 10.9 Å². The Hall–Kier alpha value is -1.04. The molecule has 0 unspecified atom stereocenters. The van der Waals surface area contributed by atoms with Gasteiger partial charge in [-0.05, 0) is 36.5 Å². The fourth-order valence-corrected chi connectivity index (χ4v) is 3.14. The number of aromatic nitrogens is 1. The van der Waals surface area contributed by atoms with Crippen LogP contribution in [0.15, 0.2) is 24.4 Å². The Kier molecular flexibility index (Phi) is 6.93. The molecule has 1 aliphatic carbocycles. The van der Waals surface area contributed by atoms with E-state index in [1.165, 1.54) is 50.2 Å². The van der Waals surface area contributed by atoms with Gasteiger partial charge in [0.2, 0.25) is 9.23 Å². The number of carbonyl (C=O) groups is 1. The molecule has 1 heterocycles. The highest BCUT2D eigenvalue weighted by Gasteiger charge is 2.19. The number of fused-ring (bicyclic) bond motifs is 1. The average Bonchev–Trinajstić information content (AvgIpc) is 2.97. The fourth-order valence-electron chi connectivity index (χ4n) is 3.14. The molecule has 1 saturated carbocycles. The molecular formula is C16H19Cl2NO3S. The Labute approximate surface area is 147 Å². The third-order valence-electron chi connectivity index (χ3n) is 4.18. The molecule has 1 N–H and O–H groups in total. The molecule has 0 atom stereocenters. The molecule has 1 aromatic heterocycles. The summed E-state index contributed by atoms with van der Waals surface area (Å²) in [6, 6.07) is 5.78. The minimum atomic E-state index is -1.67. The molecular weight excluding hydrogens is 357 g/mol. The van der Waals surface area contributed by atoms with Gasteiger partial charge in [0.1, 0.15) is 0 Å². The zero-order valence-corrected chi connectivity index (χ0v) is 15.1. The standard InChI is InChI=1S/C16H19NO2.Cl2OS/c1-19-16(18)12-7-8-13-14(10-17-15(13)9-12)11-5-3-2-4-6-11;1-4(2)3/h7-11,17H,2-6H2,1H3;. The number of benzene rings is 1. The van der Waals surface area contributed by atoms with Crippen LogP contribution in [-0.4, -0.2) is 22.3 Å². The number of H-pyrrole nitrogens is 1. The van der Waals surface area contributed by atoms with Crippen molar-refractivity contribution in [2.75, 3.05) is 7.11 Å². The number of hydrogen-bond acceptors (Lipinski definition) is 3. The van der Waals surface area contributed by atoms with Crippen molar-refractivity contribution in [3.63, 3.8) is 0 Å². The minimum Gasteiger partial charge on any atom is -0.465 e. The summed E-state index contributed by atoms with van der Waals surface area (Å²) in [7, 11) is 8.77. The number of halogens is 2. The molecule has 7 heteroatoms. The fraction of sp³-hybridized carbons (Fsp3) is 0.438. The summed E-state index contributed by atoms with van der Waals surface area (Å²) >= 11 is 0. The quantitative estimate of drug-likeness (QED) is 0.590. The number of methoxy groups -OCH3 is 1. The van der Waals surface area contributed by atoms with Crippen LogP contribution in [0.4, 0.5) is 0 Å². The van der Waals surface area contributed by atoms with Crippen molar-refractivity contribution < 1.29 is 13.7 Å². The first-order valence-electron chi connectivity index (χ1n) is 7.46. The zero-order chi connectivity index (χ0) is 16.8. The highest BCUT2D eigenvalue weighted by Crippen LogP contribution is 2.36. The first-order chi connectivity index (χ1) is 11.0. The minimum absolute atomic E-state index is 0.282. The molecule has 2 aromatic rings. The van der Waals surface area contributed by atoms with Crippen LogP contribution in [0.3, 0.4) is 0 Å². The van der Waals surface area contributed by atoms with E-state index < -0.39 is 9.23 Å². The lowest BCUT2D eigenvalue weighted by Gasteiger charge is -2.21. The van der Waals surface area contributed by atoms with Gasteiger partial charge in [-0.1, -0.05) is 25.3 Å². The zero-order valence-electron chi connectivity index (χ0n) is 12.8. The summed E-state index contributed by atoms with van der Waals surface area (Å²) < 4.78 is 13.8. The molecule has 1 fully saturated rings. The summed E-state index contributed by atoms with van der Waals surface area (Å²) in [5.41, 5.74) is 3.04. The second-order valence-electron chi connectivity index (χ2n) is 5.52. The smallest absolute Gasteiger partial charge is 0.337 e. The lowest BCUT2D eigenvalue weighted by Crippen LogP contribution is -2.04. The van der Waals surface area contributed by atoms with Crippen LogP contribution in [0.5, 0.6) is 0 Å². The van der Waals surface area contributed by atoms with E-state index >= 15 is 0 Å². The van der Waals surface area contributed by atoms with Crippen molar-refractivity contribution in [3.8, 4) is 0 Å². The monoisotopic (exact) mass is 375 g/mol. The van der Waals surface area contributed by atoms with Gasteiger partial charge in [-0.2, -0.15) is 0 Å². The number of nitrogens with one attached hydrogen (secondary N) is 1. The maximum absolute atomic E-state index is 11.5. The van der Waals surface area contributed by atoms with Gasteiger partial charge in [0.05, 0.1) is 12.7 Å². The van der Waals surface area contributed by atoms with Crippen LogP contribution in [-0.2, 0) is 14.0 Å². The Morgan fingerprint density at radius 3 is 2.52 bits per heavy atom. The van der Waals surface area contributed by atoms with Crippen molar-refractivity contribution in [2.24, 2.45) is 0 Å². The molecule has 1 aromatic carbocycles. The predicted molar refractivity (Wildman–Crippen MR) is 95.3 cm³/mol. The van der Waals surface area contributed by atoms with Crippen molar-refractivity contribution in [2.45, 2.75) is 38.0 Å². The molecule has 0 aliphatic heterocycles. The van der Waals surface area contributed by atoms with E-state index in [1.807, 2.05) is 18.2 Å². The molecule has 1 aliphatic rings. The number of aromatic amines is 1. The Bertz CT molecular complexity index is 692. The first-order valence-corrected chi connectivity index (χ1v) is 10.3. The number of esters is 1. The predicted octanol–water partition coefficient (Wildman–Crippen LogP) is 5.04. The van der Waals surface area contributed by atoms with Crippen molar-refractivity contribution in [1.82, 2.24) is 4.98 Å². The van der Waals surface area contributed by atoms with Crippen molar-refractivity contribution in [3.05, 3.63) is 35.5 Å². The highest BCUT2D eigenvalue weighted by molar-refractivity contribution is 8.26. The molecule has 4 nitrogen and oxygen atoms in total. The third kappa shape index (κ3) is 4.96. The van der Waals surface area contributed by atoms with Gasteiger partial charge in [0.25, 0.3) is 0 Å². The summed E-state index contributed by atoms with van der Waals surface area (Å²) in [6.07, 6.45) is 8.71. The van der Waals surface area contributed by atoms with Gasteiger partial charge in [-0.15, -0.1) is 0 Å². The van der Waals surface area contributed by atoms with Crippen LogP contribution in [0.2, 0.25) is 0 Å². The average molecular weight is 376 g/mol. The van der Waals surface area contributed by atoms with E-state index in [-0.39, 0.29) is 5.97 Å². The van der Waals surface area contributed by atoms with Gasteiger partial charge >= 0.3 is 5.97 Å². The number of rotatable bonds is 2. The summed E-state index contributed by atoms with van der Waals surface area (Å²) in [4.78, 5) is 14.8. The van der Waals surface area contributed by atoms with Crippen LogP contribution in [0, 0.1) is 0 Å². The summed E-state index contributed by atoms with van der Waals surface area (Å²) in [6.45, 7) is 0. The van der Waals surface area contributed by atoms with E-state index in [9.17, 15) is 4.79 Å². The molecule has 0 spiro atoms. The highest BCUT2D eigenvalue weighted by atomic mass is 36.0. The van der Waals surface area contributed by atoms with Gasteiger partial charge in [-0.3, -0.25) is 0 Å². The SMILES string of the molecule is COC(=O)c1ccc2c(C3CCCCC3)c[nH]c2c1.O=S(Cl)Cl.